The molecule has 5 atom stereocenters. The molecule has 2 aromatic rings. The van der Waals surface area contributed by atoms with Gasteiger partial charge in [0.1, 0.15) is 6.04 Å². The first-order chi connectivity index (χ1) is 16.8. The highest BCUT2D eigenvalue weighted by Gasteiger charge is 2.61. The maximum absolute atomic E-state index is 13.3. The number of anilines is 1. The van der Waals surface area contributed by atoms with E-state index in [0.29, 0.717) is 5.69 Å². The highest BCUT2D eigenvalue weighted by molar-refractivity contribution is 9.10. The van der Waals surface area contributed by atoms with Crippen molar-refractivity contribution in [3.63, 3.8) is 0 Å². The predicted octanol–water partition coefficient (Wildman–Crippen LogP) is 3.66. The largest absolute Gasteiger partial charge is 0.454 e. The number of allylic oxidation sites excluding steroid dienone is 2. The molecule has 0 aromatic heterocycles. The summed E-state index contributed by atoms with van der Waals surface area (Å²) in [6, 6.07) is 13.5. The van der Waals surface area contributed by atoms with Crippen LogP contribution in [0.25, 0.3) is 0 Å². The quantitative estimate of drug-likeness (QED) is 0.331. The summed E-state index contributed by atoms with van der Waals surface area (Å²) in [6.45, 7) is 1.33. The van der Waals surface area contributed by atoms with Gasteiger partial charge in [-0.15, -0.1) is 0 Å². The molecule has 35 heavy (non-hydrogen) atoms. The number of benzene rings is 2. The number of aryl methyl sites for hydroxylation is 1. The first-order valence-corrected chi connectivity index (χ1v) is 12.4. The Hall–Kier alpha value is -3.26. The molecule has 0 spiro atoms. The fourth-order valence-corrected chi connectivity index (χ4v) is 6.01. The number of carbonyl (C=O) groups excluding carboxylic acids is 4. The van der Waals surface area contributed by atoms with E-state index >= 15 is 0 Å². The Balaban J connectivity index is 1.32. The third kappa shape index (κ3) is 4.43. The van der Waals surface area contributed by atoms with Crippen molar-refractivity contribution in [3.05, 3.63) is 76.3 Å². The molecule has 2 aromatic carbocycles. The van der Waals surface area contributed by atoms with Gasteiger partial charge in [-0.05, 0) is 54.5 Å². The number of nitrogens with one attached hydrogen (secondary N) is 1. The zero-order valence-corrected chi connectivity index (χ0v) is 20.7. The number of carbonyl (C=O) groups is 4. The van der Waals surface area contributed by atoms with Gasteiger partial charge in [-0.3, -0.25) is 19.3 Å². The van der Waals surface area contributed by atoms with E-state index in [0.717, 1.165) is 26.9 Å². The number of amides is 3. The number of imide groups is 1. The molecule has 1 N–H and O–H groups in total. The van der Waals surface area contributed by atoms with Crippen LogP contribution in [0.1, 0.15) is 17.5 Å². The number of ether oxygens (including phenoxy) is 1. The lowest BCUT2D eigenvalue weighted by Crippen LogP contribution is -2.48. The number of esters is 1. The molecule has 2 aliphatic carbocycles. The number of hydrogen-bond acceptors (Lipinski definition) is 5. The monoisotopic (exact) mass is 536 g/mol. The van der Waals surface area contributed by atoms with Crippen molar-refractivity contribution in [2.75, 3.05) is 11.9 Å². The summed E-state index contributed by atoms with van der Waals surface area (Å²) in [5, 5.41) is 2.73. The molecule has 1 aliphatic heterocycles. The smallest absolute Gasteiger partial charge is 0.330 e. The van der Waals surface area contributed by atoms with Gasteiger partial charge < -0.3 is 10.1 Å². The first kappa shape index (κ1) is 23.5. The molecular weight excluding hydrogens is 512 g/mol. The third-order valence-electron chi connectivity index (χ3n) is 7.17. The van der Waals surface area contributed by atoms with E-state index in [1.54, 1.807) is 12.1 Å². The number of likely N-dealkylation sites (tertiary alicyclic amines) is 1. The van der Waals surface area contributed by atoms with Gasteiger partial charge in [-0.2, -0.15) is 0 Å². The van der Waals surface area contributed by atoms with Gasteiger partial charge in [0, 0.05) is 16.6 Å². The molecule has 5 rings (SSSR count). The second kappa shape index (κ2) is 9.41. The van der Waals surface area contributed by atoms with Crippen molar-refractivity contribution in [3.8, 4) is 0 Å². The fraction of sp³-hybridized carbons (Fsp3) is 0.333. The molecule has 180 valence electrons. The van der Waals surface area contributed by atoms with Crippen molar-refractivity contribution < 1.29 is 23.9 Å². The van der Waals surface area contributed by atoms with Crippen molar-refractivity contribution in [1.29, 1.82) is 0 Å². The second-order valence-electron chi connectivity index (χ2n) is 9.37. The van der Waals surface area contributed by atoms with Crippen LogP contribution in [0.4, 0.5) is 5.69 Å². The van der Waals surface area contributed by atoms with E-state index in [1.165, 1.54) is 0 Å². The van der Waals surface area contributed by atoms with E-state index in [1.807, 2.05) is 55.5 Å². The van der Waals surface area contributed by atoms with E-state index < -0.39 is 36.4 Å². The summed E-state index contributed by atoms with van der Waals surface area (Å²) < 4.78 is 6.24. The van der Waals surface area contributed by atoms with Crippen LogP contribution >= 0.6 is 15.9 Å². The molecule has 0 unspecified atom stereocenters. The van der Waals surface area contributed by atoms with Crippen LogP contribution < -0.4 is 5.32 Å². The fourth-order valence-electron chi connectivity index (χ4n) is 5.54. The Kier molecular flexibility index (Phi) is 6.32. The maximum Gasteiger partial charge on any atom is 0.330 e. The number of fused-ring (bicyclic) bond motifs is 5. The standard InChI is InChI=1S/C27H25BrN2O5/c1-15-11-19(28)9-10-20(15)29-22(31)14-35-27(34)21(12-16-5-3-2-4-6-16)30-25(32)23-17-7-8-18(13-17)24(23)26(30)33/h2-11,17-18,21,23-24H,12-14H2,1H3,(H,29,31)/t17-,18-,21-,23-,24-/m0/s1. The number of nitrogens with zero attached hydrogens (tertiary/aromatic N) is 1. The van der Waals surface area contributed by atoms with Crippen molar-refractivity contribution >= 4 is 45.3 Å². The van der Waals surface area contributed by atoms with Crippen molar-refractivity contribution in [2.24, 2.45) is 23.7 Å². The lowest BCUT2D eigenvalue weighted by molar-refractivity contribution is -0.160. The van der Waals surface area contributed by atoms with Crippen LogP contribution in [0.15, 0.2) is 65.2 Å². The Morgan fingerprint density at radius 3 is 2.34 bits per heavy atom. The van der Waals surface area contributed by atoms with Gasteiger partial charge in [0.05, 0.1) is 11.8 Å². The predicted molar refractivity (Wildman–Crippen MR) is 132 cm³/mol. The van der Waals surface area contributed by atoms with Gasteiger partial charge in [0.15, 0.2) is 6.61 Å². The second-order valence-corrected chi connectivity index (χ2v) is 10.3. The molecule has 1 saturated carbocycles. The van der Waals surface area contributed by atoms with Crippen LogP contribution in [0.3, 0.4) is 0 Å². The van der Waals surface area contributed by atoms with E-state index in [9.17, 15) is 19.2 Å². The van der Waals surface area contributed by atoms with Gasteiger partial charge in [-0.1, -0.05) is 58.4 Å². The van der Waals surface area contributed by atoms with E-state index in [-0.39, 0.29) is 30.1 Å². The van der Waals surface area contributed by atoms with Crippen LogP contribution in [0, 0.1) is 30.6 Å². The van der Waals surface area contributed by atoms with E-state index in [4.69, 9.17) is 4.74 Å². The number of hydrogen-bond donors (Lipinski definition) is 1. The lowest BCUT2D eigenvalue weighted by Gasteiger charge is -2.26. The molecule has 2 bridgehead atoms. The molecule has 8 heteroatoms. The molecule has 1 heterocycles. The van der Waals surface area contributed by atoms with Crippen molar-refractivity contribution in [2.45, 2.75) is 25.8 Å². The molecule has 0 radical (unpaired) electrons. The molecular formula is C27H25BrN2O5. The minimum Gasteiger partial charge on any atom is -0.454 e. The summed E-state index contributed by atoms with van der Waals surface area (Å²) >= 11 is 3.38. The molecule has 2 fully saturated rings. The molecule has 1 saturated heterocycles. The summed E-state index contributed by atoms with van der Waals surface area (Å²) in [5.74, 6) is -2.63. The zero-order valence-electron chi connectivity index (χ0n) is 19.1. The van der Waals surface area contributed by atoms with Crippen molar-refractivity contribution in [1.82, 2.24) is 4.90 Å². The SMILES string of the molecule is Cc1cc(Br)ccc1NC(=O)COC(=O)[C@H](Cc1ccccc1)N1C(=O)[C@@H]2[C@@H](C1=O)[C@H]1C=C[C@H]2C1. The van der Waals surface area contributed by atoms with Crippen LogP contribution in [0.5, 0.6) is 0 Å². The van der Waals surface area contributed by atoms with Gasteiger partial charge in [0.2, 0.25) is 11.8 Å². The van der Waals surface area contributed by atoms with Gasteiger partial charge in [-0.25, -0.2) is 4.79 Å². The Labute approximate surface area is 211 Å². The molecule has 3 aliphatic rings. The highest BCUT2D eigenvalue weighted by Crippen LogP contribution is 2.53. The normalized spacial score (nSPS) is 25.0. The average Bonchev–Trinajstić information content (AvgIpc) is 3.52. The number of rotatable bonds is 7. The minimum atomic E-state index is -1.12. The lowest BCUT2D eigenvalue weighted by atomic mass is 9.85. The van der Waals surface area contributed by atoms with Gasteiger partial charge in [0.25, 0.3) is 5.91 Å². The first-order valence-electron chi connectivity index (χ1n) is 11.7. The Morgan fingerprint density at radius 2 is 1.71 bits per heavy atom. The van der Waals surface area contributed by atoms with Crippen LogP contribution in [-0.2, 0) is 30.3 Å². The maximum atomic E-state index is 13.3. The minimum absolute atomic E-state index is 0.0415. The Bertz CT molecular complexity index is 1200. The highest BCUT2D eigenvalue weighted by atomic mass is 79.9. The molecule has 3 amide bonds. The zero-order chi connectivity index (χ0) is 24.7. The van der Waals surface area contributed by atoms with Gasteiger partial charge >= 0.3 is 5.97 Å². The number of halogens is 1. The van der Waals surface area contributed by atoms with E-state index in [2.05, 4.69) is 21.2 Å². The molecule has 7 nitrogen and oxygen atoms in total. The summed E-state index contributed by atoms with van der Waals surface area (Å²) in [6.07, 6.45) is 4.97. The topological polar surface area (TPSA) is 92.8 Å². The Morgan fingerprint density at radius 1 is 1.06 bits per heavy atom. The van der Waals surface area contributed by atoms with Crippen LogP contribution in [0.2, 0.25) is 0 Å². The summed E-state index contributed by atoms with van der Waals surface area (Å²) in [7, 11) is 0. The van der Waals surface area contributed by atoms with Crippen LogP contribution in [-0.4, -0.2) is 41.2 Å². The summed E-state index contributed by atoms with van der Waals surface area (Å²) in [5.41, 5.74) is 2.25. The average molecular weight is 537 g/mol. The third-order valence-corrected chi connectivity index (χ3v) is 7.66. The summed E-state index contributed by atoms with van der Waals surface area (Å²) in [4.78, 5) is 53.5.